The number of nitrogens with zero attached hydrogens (tertiary/aromatic N) is 1. The van der Waals surface area contributed by atoms with Crippen LogP contribution in [0.25, 0.3) is 0 Å². The van der Waals surface area contributed by atoms with Crippen molar-refractivity contribution in [2.45, 2.75) is 116 Å². The third kappa shape index (κ3) is 5.86. The van der Waals surface area contributed by atoms with Crippen LogP contribution in [0, 0.1) is 35.0 Å². The average molecular weight is 559 g/mol. The normalized spacial score (nSPS) is 32.5. The Morgan fingerprint density at radius 2 is 1.65 bits per heavy atom. The van der Waals surface area contributed by atoms with Gasteiger partial charge in [0.1, 0.15) is 18.2 Å². The van der Waals surface area contributed by atoms with Crippen molar-refractivity contribution in [2.24, 2.45) is 40.7 Å². The summed E-state index contributed by atoms with van der Waals surface area (Å²) < 4.78 is 5.76. The van der Waals surface area contributed by atoms with Crippen molar-refractivity contribution in [1.29, 1.82) is 0 Å². The molecular weight excluding hydrogens is 512 g/mol. The molecule has 40 heavy (non-hydrogen) atoms. The molecule has 2 unspecified atom stereocenters. The number of alkyl carbamates (subject to hydrolysis) is 1. The van der Waals surface area contributed by atoms with Crippen LogP contribution in [0.4, 0.5) is 4.79 Å². The summed E-state index contributed by atoms with van der Waals surface area (Å²) in [5, 5.41) is 5.74. The third-order valence-corrected chi connectivity index (χ3v) is 10.6. The molecule has 0 bridgehead atoms. The zero-order valence-electron chi connectivity index (χ0n) is 24.2. The standard InChI is InChI=1S/C30H46N4O6/c1-16-8-7-11-21(16)40-29(39)33-23(18-9-5-4-6-10-18)28(38)34-15-19-22(30(19,2)3)24(34)27(37)32-20(14-17-12-13-17)25(35)26(31)36/h16-24H,4-15H2,1-3H3,(H2,31,36)(H,32,37)(H,33,39)/t16-,19?,20?,21-,22-,23-,24-/m0/s1. The van der Waals surface area contributed by atoms with Crippen molar-refractivity contribution < 1.29 is 28.7 Å². The van der Waals surface area contributed by atoms with Gasteiger partial charge in [-0.25, -0.2) is 4.79 Å². The quantitative estimate of drug-likeness (QED) is 0.351. The molecule has 5 aliphatic rings. The zero-order valence-corrected chi connectivity index (χ0v) is 24.2. The minimum absolute atomic E-state index is 0.0255. The molecule has 4 aliphatic carbocycles. The van der Waals surface area contributed by atoms with Gasteiger partial charge in [-0.2, -0.15) is 0 Å². The largest absolute Gasteiger partial charge is 0.446 e. The summed E-state index contributed by atoms with van der Waals surface area (Å²) in [5.41, 5.74) is 5.17. The molecule has 7 atom stereocenters. The minimum atomic E-state index is -1.06. The number of ether oxygens (including phenoxy) is 1. The van der Waals surface area contributed by atoms with E-state index in [1.807, 2.05) is 0 Å². The van der Waals surface area contributed by atoms with Crippen molar-refractivity contribution >= 4 is 29.6 Å². The first-order chi connectivity index (χ1) is 19.0. The van der Waals surface area contributed by atoms with Crippen LogP contribution in [0.15, 0.2) is 0 Å². The van der Waals surface area contributed by atoms with Crippen LogP contribution in [0.1, 0.15) is 91.4 Å². The van der Waals surface area contributed by atoms with Crippen LogP contribution in [0.2, 0.25) is 0 Å². The molecule has 5 fully saturated rings. The first kappa shape index (κ1) is 28.9. The lowest BCUT2D eigenvalue weighted by atomic mass is 9.83. The maximum Gasteiger partial charge on any atom is 0.408 e. The van der Waals surface area contributed by atoms with Gasteiger partial charge < -0.3 is 26.0 Å². The highest BCUT2D eigenvalue weighted by molar-refractivity contribution is 6.37. The van der Waals surface area contributed by atoms with Gasteiger partial charge in [0, 0.05) is 6.54 Å². The van der Waals surface area contributed by atoms with E-state index in [9.17, 15) is 24.0 Å². The number of piperidine rings is 1. The molecule has 1 aliphatic heterocycles. The number of hydrogen-bond donors (Lipinski definition) is 3. The first-order valence-electron chi connectivity index (χ1n) is 15.4. The number of carbonyl (C=O) groups excluding carboxylic acids is 5. The predicted octanol–water partition coefficient (Wildman–Crippen LogP) is 2.67. The van der Waals surface area contributed by atoms with Gasteiger partial charge in [-0.3, -0.25) is 19.2 Å². The van der Waals surface area contributed by atoms with E-state index >= 15 is 0 Å². The van der Waals surface area contributed by atoms with E-state index in [1.165, 1.54) is 0 Å². The van der Waals surface area contributed by atoms with E-state index in [4.69, 9.17) is 10.5 Å². The Kier molecular flexibility index (Phi) is 8.17. The minimum Gasteiger partial charge on any atom is -0.446 e. The molecule has 0 aromatic rings. The van der Waals surface area contributed by atoms with E-state index < -0.39 is 41.8 Å². The number of hydrogen-bond acceptors (Lipinski definition) is 6. The van der Waals surface area contributed by atoms with Gasteiger partial charge in [0.15, 0.2) is 0 Å². The highest BCUT2D eigenvalue weighted by Gasteiger charge is 2.69. The summed E-state index contributed by atoms with van der Waals surface area (Å²) in [4.78, 5) is 66.9. The summed E-state index contributed by atoms with van der Waals surface area (Å²) in [6.45, 7) is 6.69. The number of nitrogens with two attached hydrogens (primary N) is 1. The van der Waals surface area contributed by atoms with Crippen LogP contribution in [0.5, 0.6) is 0 Å². The van der Waals surface area contributed by atoms with Gasteiger partial charge in [-0.15, -0.1) is 0 Å². The number of primary amides is 1. The van der Waals surface area contributed by atoms with Crippen LogP contribution in [-0.2, 0) is 23.9 Å². The lowest BCUT2D eigenvalue weighted by molar-refractivity contribution is -0.144. The Morgan fingerprint density at radius 1 is 0.950 bits per heavy atom. The molecule has 5 rings (SSSR count). The van der Waals surface area contributed by atoms with Gasteiger partial charge in [0.05, 0.1) is 6.04 Å². The molecule has 0 radical (unpaired) electrons. The van der Waals surface area contributed by atoms with Crippen LogP contribution in [0.3, 0.4) is 0 Å². The Labute approximate surface area is 236 Å². The highest BCUT2D eigenvalue weighted by Crippen LogP contribution is 2.65. The fourth-order valence-corrected chi connectivity index (χ4v) is 7.77. The second-order valence-corrected chi connectivity index (χ2v) is 13.7. The first-order valence-corrected chi connectivity index (χ1v) is 15.4. The fraction of sp³-hybridized carbons (Fsp3) is 0.833. The zero-order chi connectivity index (χ0) is 28.8. The maximum absolute atomic E-state index is 14.2. The van der Waals surface area contributed by atoms with Gasteiger partial charge in [-0.1, -0.05) is 52.9 Å². The summed E-state index contributed by atoms with van der Waals surface area (Å²) in [6.07, 6.45) is 9.19. The average Bonchev–Trinajstić information content (AvgIpc) is 3.69. The molecule has 1 saturated heterocycles. The van der Waals surface area contributed by atoms with E-state index in [-0.39, 0.29) is 41.1 Å². The lowest BCUT2D eigenvalue weighted by Crippen LogP contribution is -2.59. The van der Waals surface area contributed by atoms with Gasteiger partial charge >= 0.3 is 6.09 Å². The second kappa shape index (κ2) is 11.3. The van der Waals surface area contributed by atoms with E-state index in [0.717, 1.165) is 64.2 Å². The Balaban J connectivity index is 1.34. The molecule has 10 heteroatoms. The number of fused-ring (bicyclic) bond motifs is 1. The highest BCUT2D eigenvalue weighted by atomic mass is 16.6. The summed E-state index contributed by atoms with van der Waals surface area (Å²) in [7, 11) is 0. The fourth-order valence-electron chi connectivity index (χ4n) is 7.77. The molecule has 0 aromatic heterocycles. The van der Waals surface area contributed by atoms with E-state index in [1.54, 1.807) is 4.90 Å². The molecule has 4 amide bonds. The number of ketones is 1. The molecule has 4 N–H and O–H groups in total. The number of Topliss-reactive ketones (excluding diaryl/α,β-unsaturated/α-hetero) is 1. The Hall–Kier alpha value is -2.65. The van der Waals surface area contributed by atoms with Crippen LogP contribution < -0.4 is 16.4 Å². The van der Waals surface area contributed by atoms with Crippen molar-refractivity contribution in [3.8, 4) is 0 Å². The molecule has 4 saturated carbocycles. The van der Waals surface area contributed by atoms with E-state index in [2.05, 4.69) is 31.4 Å². The molecule has 0 spiro atoms. The van der Waals surface area contributed by atoms with Crippen molar-refractivity contribution in [3.05, 3.63) is 0 Å². The number of nitrogens with one attached hydrogen (secondary N) is 2. The predicted molar refractivity (Wildman–Crippen MR) is 147 cm³/mol. The second-order valence-electron chi connectivity index (χ2n) is 13.7. The SMILES string of the molecule is C[C@H]1CCC[C@@H]1OC(=O)N[C@H](C(=O)N1CC2[C@@H]([C@H]1C(=O)NC(CC1CC1)C(=O)C(N)=O)C2(C)C)C1CCCCC1. The number of likely N-dealkylation sites (tertiary alicyclic amines) is 1. The van der Waals surface area contributed by atoms with E-state index in [0.29, 0.717) is 18.9 Å². The van der Waals surface area contributed by atoms with Gasteiger partial charge in [0.25, 0.3) is 5.91 Å². The molecule has 1 heterocycles. The summed E-state index contributed by atoms with van der Waals surface area (Å²) >= 11 is 0. The van der Waals surface area contributed by atoms with Crippen molar-refractivity contribution in [3.63, 3.8) is 0 Å². The summed E-state index contributed by atoms with van der Waals surface area (Å²) in [6, 6.07) is -2.52. The molecule has 0 aromatic carbocycles. The smallest absolute Gasteiger partial charge is 0.408 e. The van der Waals surface area contributed by atoms with Crippen molar-refractivity contribution in [2.75, 3.05) is 6.54 Å². The monoisotopic (exact) mass is 558 g/mol. The van der Waals surface area contributed by atoms with Crippen LogP contribution >= 0.6 is 0 Å². The topological polar surface area (TPSA) is 148 Å². The number of carbonyl (C=O) groups is 5. The molecule has 10 nitrogen and oxygen atoms in total. The van der Waals surface area contributed by atoms with Gasteiger partial charge in [-0.05, 0) is 73.5 Å². The number of rotatable bonds is 10. The summed E-state index contributed by atoms with van der Waals surface area (Å²) in [5.74, 6) is -1.89. The van der Waals surface area contributed by atoms with Crippen LogP contribution in [-0.4, -0.2) is 65.3 Å². The third-order valence-electron chi connectivity index (χ3n) is 10.6. The Bertz CT molecular complexity index is 1040. The lowest BCUT2D eigenvalue weighted by Gasteiger charge is -2.37. The molecular formula is C30H46N4O6. The van der Waals surface area contributed by atoms with Crippen molar-refractivity contribution in [1.82, 2.24) is 15.5 Å². The van der Waals surface area contributed by atoms with Gasteiger partial charge in [0.2, 0.25) is 17.6 Å². The number of amides is 4. The maximum atomic E-state index is 14.2. The Morgan fingerprint density at radius 3 is 2.25 bits per heavy atom. The molecule has 222 valence electrons.